The Labute approximate surface area is 240 Å². The van der Waals surface area contributed by atoms with E-state index >= 15 is 0 Å². The zero-order chi connectivity index (χ0) is 32.2. The molecule has 1 amide bonds. The van der Waals surface area contributed by atoms with E-state index in [1.54, 1.807) is 0 Å². The molecule has 0 unspecified atom stereocenters. The minimum absolute atomic E-state index is 0.0463. The second kappa shape index (κ2) is 10.7. The van der Waals surface area contributed by atoms with Crippen molar-refractivity contribution in [2.45, 2.75) is 65.4 Å². The van der Waals surface area contributed by atoms with Crippen LogP contribution in [0.3, 0.4) is 0 Å². The van der Waals surface area contributed by atoms with Gasteiger partial charge in [0.2, 0.25) is 0 Å². The van der Waals surface area contributed by atoms with Crippen LogP contribution in [0.15, 0.2) is 53.4 Å². The molecule has 0 radical (unpaired) electrons. The predicted octanol–water partition coefficient (Wildman–Crippen LogP) is 5.02. The molecule has 7 nitrogen and oxygen atoms in total. The molecule has 1 saturated carbocycles. The topological polar surface area (TPSA) is 112 Å². The number of carbonyl (C=O) groups excluding carboxylic acids is 1. The first-order valence-corrected chi connectivity index (χ1v) is 14.4. The number of benzene rings is 2. The molecule has 2 fully saturated rings. The summed E-state index contributed by atoms with van der Waals surface area (Å²) < 4.78 is 134. The maximum Gasteiger partial charge on any atom is 0.435 e. The molecule has 0 bridgehead atoms. The van der Waals surface area contributed by atoms with Gasteiger partial charge in [0.15, 0.2) is 9.84 Å². The number of likely N-dealkylation sites (tertiary alicyclic amines) is 1. The standard InChI is InChI=1S/C27H25F8NO6S/c28-19-5-7-20(8-6-19)43(41,42)24(17-1-3-18(4-2-17)25(29,26(30,31)32)27(33,34)35)13-14-36(15-24)22(39)23(40)11-9-16(10-12-23)21(37)38/h1-8,16,40H,9-15H2,(H,37,38)/t16?,23?,24-/m0/s1. The third-order valence-electron chi connectivity index (χ3n) is 8.31. The van der Waals surface area contributed by atoms with Crippen LogP contribution in [0, 0.1) is 11.7 Å². The number of alkyl halides is 7. The number of hydrogen-bond acceptors (Lipinski definition) is 5. The van der Waals surface area contributed by atoms with Crippen LogP contribution in [0.1, 0.15) is 43.2 Å². The lowest BCUT2D eigenvalue weighted by Crippen LogP contribution is -2.52. The third kappa shape index (κ3) is 5.36. The molecular formula is C27H25F8NO6S. The van der Waals surface area contributed by atoms with E-state index in [0.29, 0.717) is 12.1 Å². The maximum atomic E-state index is 14.7. The number of carboxylic acids is 1. The van der Waals surface area contributed by atoms with Crippen LogP contribution in [-0.4, -0.2) is 66.5 Å². The second-order valence-electron chi connectivity index (χ2n) is 10.8. The number of carbonyl (C=O) groups is 2. The van der Waals surface area contributed by atoms with E-state index in [9.17, 15) is 63.3 Å². The van der Waals surface area contributed by atoms with Crippen molar-refractivity contribution >= 4 is 21.7 Å². The van der Waals surface area contributed by atoms with Gasteiger partial charge in [-0.2, -0.15) is 26.3 Å². The van der Waals surface area contributed by atoms with Crippen molar-refractivity contribution in [3.63, 3.8) is 0 Å². The molecule has 1 aliphatic carbocycles. The summed E-state index contributed by atoms with van der Waals surface area (Å²) in [5, 5.41) is 20.3. The Hall–Kier alpha value is -3.27. The van der Waals surface area contributed by atoms with Gasteiger partial charge in [0.25, 0.3) is 5.91 Å². The first kappa shape index (κ1) is 32.6. The van der Waals surface area contributed by atoms with Crippen molar-refractivity contribution in [3.05, 3.63) is 65.5 Å². The highest BCUT2D eigenvalue weighted by Gasteiger charge is 2.73. The van der Waals surface area contributed by atoms with Gasteiger partial charge in [-0.05, 0) is 61.9 Å². The van der Waals surface area contributed by atoms with Crippen molar-refractivity contribution in [2.75, 3.05) is 13.1 Å². The summed E-state index contributed by atoms with van der Waals surface area (Å²) in [6.07, 6.45) is -13.8. The fraction of sp³-hybridized carbons (Fsp3) is 0.481. The lowest BCUT2D eigenvalue weighted by molar-refractivity contribution is -0.348. The molecule has 236 valence electrons. The van der Waals surface area contributed by atoms with E-state index in [1.807, 2.05) is 0 Å². The summed E-state index contributed by atoms with van der Waals surface area (Å²) in [5.74, 6) is -3.66. The quantitative estimate of drug-likeness (QED) is 0.338. The lowest BCUT2D eigenvalue weighted by Gasteiger charge is -2.37. The Bertz CT molecular complexity index is 1470. The normalized spacial score (nSPS) is 25.5. The molecule has 0 spiro atoms. The highest BCUT2D eigenvalue weighted by Crippen LogP contribution is 2.54. The van der Waals surface area contributed by atoms with E-state index in [0.717, 1.165) is 29.2 Å². The SMILES string of the molecule is O=C(O)C1CCC(O)(C(=O)N2CC[C@](c3ccc(C(F)(C(F)(F)F)C(F)(F)F)cc3)(S(=O)(=O)c3ccc(F)cc3)C2)CC1. The van der Waals surface area contributed by atoms with Crippen LogP contribution in [-0.2, 0) is 29.8 Å². The predicted molar refractivity (Wildman–Crippen MR) is 132 cm³/mol. The zero-order valence-electron chi connectivity index (χ0n) is 22.1. The molecule has 2 aromatic carbocycles. The lowest BCUT2D eigenvalue weighted by atomic mass is 9.78. The fourth-order valence-corrected chi connectivity index (χ4v) is 7.82. The molecule has 43 heavy (non-hydrogen) atoms. The smallest absolute Gasteiger partial charge is 0.435 e. The molecule has 2 aromatic rings. The van der Waals surface area contributed by atoms with Gasteiger partial charge >= 0.3 is 24.0 Å². The number of hydrogen-bond donors (Lipinski definition) is 2. The van der Waals surface area contributed by atoms with Crippen molar-refractivity contribution in [2.24, 2.45) is 5.92 Å². The third-order valence-corrected chi connectivity index (χ3v) is 10.8. The summed E-state index contributed by atoms with van der Waals surface area (Å²) in [6, 6.07) is 4.96. The van der Waals surface area contributed by atoms with Gasteiger partial charge in [0.05, 0.1) is 10.8 Å². The Morgan fingerprint density at radius 1 is 0.837 bits per heavy atom. The molecular weight excluding hydrogens is 618 g/mol. The first-order valence-electron chi connectivity index (χ1n) is 12.9. The highest BCUT2D eigenvalue weighted by molar-refractivity contribution is 7.92. The van der Waals surface area contributed by atoms with Gasteiger partial charge in [-0.25, -0.2) is 17.2 Å². The van der Waals surface area contributed by atoms with E-state index < -0.39 is 85.2 Å². The minimum Gasteiger partial charge on any atom is -0.481 e. The summed E-state index contributed by atoms with van der Waals surface area (Å²) in [7, 11) is -4.67. The van der Waals surface area contributed by atoms with Gasteiger partial charge in [-0.15, -0.1) is 0 Å². The Morgan fingerprint density at radius 2 is 1.35 bits per heavy atom. The monoisotopic (exact) mass is 643 g/mol. The number of halogens is 8. The average Bonchev–Trinajstić information content (AvgIpc) is 3.39. The first-order chi connectivity index (χ1) is 19.7. The molecule has 2 N–H and O–H groups in total. The van der Waals surface area contributed by atoms with Crippen LogP contribution < -0.4 is 0 Å². The molecule has 1 atom stereocenters. The van der Waals surface area contributed by atoms with Crippen LogP contribution >= 0.6 is 0 Å². The summed E-state index contributed by atoms with van der Waals surface area (Å²) in [5.41, 5.74) is -10.0. The van der Waals surface area contributed by atoms with Gasteiger partial charge in [-0.3, -0.25) is 9.59 Å². The maximum absolute atomic E-state index is 14.7. The van der Waals surface area contributed by atoms with Crippen molar-refractivity contribution < 1.29 is 63.3 Å². The van der Waals surface area contributed by atoms with Crippen LogP contribution in [0.4, 0.5) is 35.1 Å². The number of aliphatic carboxylic acids is 1. The largest absolute Gasteiger partial charge is 0.481 e. The number of amides is 1. The second-order valence-corrected chi connectivity index (χ2v) is 13.1. The van der Waals surface area contributed by atoms with E-state index in [-0.39, 0.29) is 49.9 Å². The molecule has 2 aliphatic rings. The van der Waals surface area contributed by atoms with Crippen molar-refractivity contribution in [1.82, 2.24) is 4.90 Å². The average molecular weight is 644 g/mol. The number of rotatable bonds is 6. The number of carboxylic acid groups (broad SMARTS) is 1. The molecule has 1 heterocycles. The van der Waals surface area contributed by atoms with E-state index in [4.69, 9.17) is 0 Å². The molecule has 1 saturated heterocycles. The van der Waals surface area contributed by atoms with Crippen LogP contribution in [0.5, 0.6) is 0 Å². The van der Waals surface area contributed by atoms with Gasteiger partial charge in [-0.1, -0.05) is 24.3 Å². The molecule has 16 heteroatoms. The Kier molecular flexibility index (Phi) is 8.13. The molecule has 1 aliphatic heterocycles. The van der Waals surface area contributed by atoms with Gasteiger partial charge < -0.3 is 15.1 Å². The molecule has 4 rings (SSSR count). The van der Waals surface area contributed by atoms with Crippen LogP contribution in [0.2, 0.25) is 0 Å². The number of nitrogens with zero attached hydrogens (tertiary/aromatic N) is 1. The van der Waals surface area contributed by atoms with Crippen molar-refractivity contribution in [1.29, 1.82) is 0 Å². The van der Waals surface area contributed by atoms with Gasteiger partial charge in [0, 0.05) is 18.7 Å². The van der Waals surface area contributed by atoms with E-state index in [2.05, 4.69) is 0 Å². The van der Waals surface area contributed by atoms with Crippen LogP contribution in [0.25, 0.3) is 0 Å². The number of aliphatic hydroxyl groups is 1. The Balaban J connectivity index is 1.77. The summed E-state index contributed by atoms with van der Waals surface area (Å²) in [4.78, 5) is 25.2. The molecule has 0 aromatic heterocycles. The minimum atomic E-state index is -6.41. The van der Waals surface area contributed by atoms with E-state index in [1.165, 1.54) is 0 Å². The Morgan fingerprint density at radius 3 is 1.81 bits per heavy atom. The number of sulfone groups is 1. The zero-order valence-corrected chi connectivity index (χ0v) is 22.9. The fourth-order valence-electron chi connectivity index (χ4n) is 5.75. The summed E-state index contributed by atoms with van der Waals surface area (Å²) in [6.45, 7) is -1.04. The van der Waals surface area contributed by atoms with Gasteiger partial charge in [0.1, 0.15) is 16.2 Å². The van der Waals surface area contributed by atoms with Crippen molar-refractivity contribution in [3.8, 4) is 0 Å². The summed E-state index contributed by atoms with van der Waals surface area (Å²) >= 11 is 0. The highest BCUT2D eigenvalue weighted by atomic mass is 32.2.